The van der Waals surface area contributed by atoms with Crippen LogP contribution in [0.25, 0.3) is 22.0 Å². The lowest BCUT2D eigenvalue weighted by molar-refractivity contribution is 0.325. The highest BCUT2D eigenvalue weighted by atomic mass is 16.5. The normalized spacial score (nSPS) is 15.8. The fourth-order valence-corrected chi connectivity index (χ4v) is 3.57. The number of nitrogens with one attached hydrogen (secondary N) is 1. The molecule has 1 saturated heterocycles. The molecule has 0 bridgehead atoms. The fraction of sp³-hybridized carbons (Fsp3) is 0.444. The zero-order valence-electron chi connectivity index (χ0n) is 14.4. The first-order chi connectivity index (χ1) is 12.2. The summed E-state index contributed by atoms with van der Waals surface area (Å²) in [5.41, 5.74) is 2.01. The first kappa shape index (κ1) is 16.0. The number of benzene rings is 1. The van der Waals surface area contributed by atoms with Gasteiger partial charge in [-0.3, -0.25) is 9.55 Å². The van der Waals surface area contributed by atoms with Gasteiger partial charge in [0, 0.05) is 18.0 Å². The van der Waals surface area contributed by atoms with Gasteiger partial charge in [-0.25, -0.2) is 4.79 Å². The second-order valence-corrected chi connectivity index (χ2v) is 6.37. The van der Waals surface area contributed by atoms with Crippen molar-refractivity contribution in [2.75, 3.05) is 27.3 Å². The Morgan fingerprint density at radius 3 is 2.68 bits per heavy atom. The average molecular weight is 343 g/mol. The number of piperidine rings is 1. The molecule has 0 amide bonds. The lowest BCUT2D eigenvalue weighted by Crippen LogP contribution is -2.31. The summed E-state index contributed by atoms with van der Waals surface area (Å²) in [6, 6.07) is 3.68. The predicted octanol–water partition coefficient (Wildman–Crippen LogP) is 2.16. The molecule has 1 fully saturated rings. The molecule has 1 N–H and O–H groups in total. The van der Waals surface area contributed by atoms with E-state index >= 15 is 0 Å². The van der Waals surface area contributed by atoms with Gasteiger partial charge in [0.1, 0.15) is 5.52 Å². The van der Waals surface area contributed by atoms with Crippen molar-refractivity contribution < 1.29 is 13.9 Å². The van der Waals surface area contributed by atoms with E-state index in [0.717, 1.165) is 42.4 Å². The molecule has 25 heavy (non-hydrogen) atoms. The quantitative estimate of drug-likeness (QED) is 0.782. The van der Waals surface area contributed by atoms with Gasteiger partial charge in [-0.15, -0.1) is 0 Å². The molecule has 0 radical (unpaired) electrons. The minimum absolute atomic E-state index is 0.336. The number of hydrogen-bond donors (Lipinski definition) is 1. The number of hydrogen-bond acceptors (Lipinski definition) is 6. The largest absolute Gasteiger partial charge is 0.493 e. The van der Waals surface area contributed by atoms with E-state index in [4.69, 9.17) is 13.9 Å². The molecule has 4 rings (SSSR count). The second-order valence-electron chi connectivity index (χ2n) is 6.37. The second kappa shape index (κ2) is 6.40. The molecule has 3 aromatic rings. The lowest BCUT2D eigenvalue weighted by Gasteiger charge is -2.22. The van der Waals surface area contributed by atoms with Gasteiger partial charge in [-0.2, -0.15) is 0 Å². The summed E-state index contributed by atoms with van der Waals surface area (Å²) < 4.78 is 17.9. The fourth-order valence-electron chi connectivity index (χ4n) is 3.57. The van der Waals surface area contributed by atoms with E-state index in [0.29, 0.717) is 29.5 Å². The Balaban J connectivity index is 1.91. The van der Waals surface area contributed by atoms with E-state index in [2.05, 4.69) is 10.3 Å². The van der Waals surface area contributed by atoms with Crippen LogP contribution in [-0.2, 0) is 6.54 Å². The van der Waals surface area contributed by atoms with E-state index in [1.807, 2.05) is 12.1 Å². The van der Waals surface area contributed by atoms with Crippen molar-refractivity contribution in [3.63, 3.8) is 0 Å². The maximum atomic E-state index is 12.4. The number of ether oxygens (including phenoxy) is 2. The topological polar surface area (TPSA) is 78.5 Å². The van der Waals surface area contributed by atoms with Crippen molar-refractivity contribution in [2.45, 2.75) is 19.4 Å². The molecule has 0 unspecified atom stereocenters. The van der Waals surface area contributed by atoms with Gasteiger partial charge in [-0.1, -0.05) is 0 Å². The molecular formula is C18H21N3O4. The molecule has 2 aromatic heterocycles. The Morgan fingerprint density at radius 1 is 1.24 bits per heavy atom. The van der Waals surface area contributed by atoms with Crippen molar-refractivity contribution in [2.24, 2.45) is 5.92 Å². The van der Waals surface area contributed by atoms with Gasteiger partial charge in [-0.05, 0) is 37.9 Å². The van der Waals surface area contributed by atoms with Crippen LogP contribution in [0.5, 0.6) is 11.5 Å². The molecule has 7 heteroatoms. The first-order valence-electron chi connectivity index (χ1n) is 8.46. The summed E-state index contributed by atoms with van der Waals surface area (Å²) in [5.74, 6) is 1.34. The Hall–Kier alpha value is -2.54. The maximum Gasteiger partial charge on any atom is 0.420 e. The van der Waals surface area contributed by atoms with Crippen molar-refractivity contribution in [1.82, 2.24) is 14.9 Å². The monoisotopic (exact) mass is 343 g/mol. The number of pyridine rings is 1. The Morgan fingerprint density at radius 2 is 1.96 bits per heavy atom. The van der Waals surface area contributed by atoms with Gasteiger partial charge < -0.3 is 19.2 Å². The summed E-state index contributed by atoms with van der Waals surface area (Å²) >= 11 is 0. The summed E-state index contributed by atoms with van der Waals surface area (Å²) in [7, 11) is 3.18. The third kappa shape index (κ3) is 2.74. The van der Waals surface area contributed by atoms with Gasteiger partial charge in [0.25, 0.3) is 0 Å². The molecule has 1 aliphatic rings. The maximum absolute atomic E-state index is 12.4. The molecule has 132 valence electrons. The summed E-state index contributed by atoms with van der Waals surface area (Å²) in [6.07, 6.45) is 3.71. The van der Waals surface area contributed by atoms with Crippen LogP contribution in [0.3, 0.4) is 0 Å². The Kier molecular flexibility index (Phi) is 4.09. The van der Waals surface area contributed by atoms with Crippen LogP contribution < -0.4 is 20.5 Å². The zero-order chi connectivity index (χ0) is 17.4. The standard InChI is InChI=1S/C18H21N3O4/c1-23-14-7-12-13(8-15(14)24-2)20-9-16-17(12)21(18(22)25-16)10-11-3-5-19-6-4-11/h7-9,11,19H,3-6,10H2,1-2H3. The highest BCUT2D eigenvalue weighted by Gasteiger charge is 2.20. The van der Waals surface area contributed by atoms with Crippen molar-refractivity contribution in [1.29, 1.82) is 0 Å². The smallest absolute Gasteiger partial charge is 0.420 e. The molecular weight excluding hydrogens is 322 g/mol. The molecule has 0 spiro atoms. The average Bonchev–Trinajstić information content (AvgIpc) is 2.97. The Labute approximate surface area is 144 Å². The minimum Gasteiger partial charge on any atom is -0.493 e. The van der Waals surface area contributed by atoms with E-state index in [-0.39, 0.29) is 5.76 Å². The van der Waals surface area contributed by atoms with Gasteiger partial charge in [0.15, 0.2) is 17.1 Å². The molecule has 7 nitrogen and oxygen atoms in total. The number of oxazole rings is 1. The summed E-state index contributed by atoms with van der Waals surface area (Å²) in [4.78, 5) is 16.8. The first-order valence-corrected chi connectivity index (χ1v) is 8.46. The van der Waals surface area contributed by atoms with E-state index in [1.54, 1.807) is 25.0 Å². The van der Waals surface area contributed by atoms with Crippen LogP contribution in [0.15, 0.2) is 27.5 Å². The van der Waals surface area contributed by atoms with Crippen molar-refractivity contribution >= 4 is 22.0 Å². The summed E-state index contributed by atoms with van der Waals surface area (Å²) in [6.45, 7) is 2.63. The molecule has 0 atom stereocenters. The zero-order valence-corrected chi connectivity index (χ0v) is 14.4. The van der Waals surface area contributed by atoms with Crippen molar-refractivity contribution in [3.8, 4) is 11.5 Å². The molecule has 1 aliphatic heterocycles. The SMILES string of the molecule is COc1cc2ncc3oc(=O)n(CC4CCNCC4)c3c2cc1OC. The number of nitrogens with zero attached hydrogens (tertiary/aromatic N) is 2. The van der Waals surface area contributed by atoms with Crippen LogP contribution in [0, 0.1) is 5.92 Å². The van der Waals surface area contributed by atoms with Gasteiger partial charge in [0.05, 0.1) is 25.9 Å². The van der Waals surface area contributed by atoms with E-state index in [1.165, 1.54) is 0 Å². The number of rotatable bonds is 4. The minimum atomic E-state index is -0.336. The molecule has 0 aliphatic carbocycles. The van der Waals surface area contributed by atoms with Crippen LogP contribution in [0.1, 0.15) is 12.8 Å². The van der Waals surface area contributed by atoms with Gasteiger partial charge in [0.2, 0.25) is 0 Å². The summed E-state index contributed by atoms with van der Waals surface area (Å²) in [5, 5.41) is 4.18. The van der Waals surface area contributed by atoms with Crippen LogP contribution in [0.2, 0.25) is 0 Å². The van der Waals surface area contributed by atoms with Gasteiger partial charge >= 0.3 is 5.76 Å². The molecule has 3 heterocycles. The highest BCUT2D eigenvalue weighted by Crippen LogP contribution is 2.34. The van der Waals surface area contributed by atoms with E-state index < -0.39 is 0 Å². The lowest BCUT2D eigenvalue weighted by atomic mass is 9.98. The van der Waals surface area contributed by atoms with Crippen LogP contribution in [0.4, 0.5) is 0 Å². The number of aromatic nitrogens is 2. The molecule has 0 saturated carbocycles. The number of methoxy groups -OCH3 is 2. The number of fused-ring (bicyclic) bond motifs is 3. The third-order valence-corrected chi connectivity index (χ3v) is 4.90. The van der Waals surface area contributed by atoms with E-state index in [9.17, 15) is 4.79 Å². The van der Waals surface area contributed by atoms with Crippen LogP contribution >= 0.6 is 0 Å². The highest BCUT2D eigenvalue weighted by molar-refractivity contribution is 6.02. The predicted molar refractivity (Wildman–Crippen MR) is 94.5 cm³/mol. The molecule has 1 aromatic carbocycles. The van der Waals surface area contributed by atoms with Crippen LogP contribution in [-0.4, -0.2) is 36.9 Å². The third-order valence-electron chi connectivity index (χ3n) is 4.90. The Bertz CT molecular complexity index is 970. The van der Waals surface area contributed by atoms with Crippen molar-refractivity contribution in [3.05, 3.63) is 28.9 Å².